The van der Waals surface area contributed by atoms with E-state index in [1.54, 1.807) is 36.2 Å². The fraction of sp³-hybridized carbons (Fsp3) is 0.385. The number of nitriles is 1. The van der Waals surface area contributed by atoms with Gasteiger partial charge in [0.15, 0.2) is 0 Å². The van der Waals surface area contributed by atoms with Crippen molar-refractivity contribution in [1.29, 1.82) is 5.26 Å². The van der Waals surface area contributed by atoms with E-state index in [-0.39, 0.29) is 5.91 Å². The Hall–Kier alpha value is -1.86. The van der Waals surface area contributed by atoms with Gasteiger partial charge in [0, 0.05) is 19.2 Å². The van der Waals surface area contributed by atoms with E-state index < -0.39 is 0 Å². The number of hydrogen-bond donors (Lipinski definition) is 1. The largest absolute Gasteiger partial charge is 0.342 e. The van der Waals surface area contributed by atoms with Gasteiger partial charge < -0.3 is 10.2 Å². The average molecular weight is 231 g/mol. The maximum absolute atomic E-state index is 12.0. The standard InChI is InChI=1S/C13H17N3O/c1-15-8-3-9-16(2)13(17)12-6-4-11(10-14)5-7-12/h4-7,15H,3,8-9H2,1-2H3. The summed E-state index contributed by atoms with van der Waals surface area (Å²) in [5.41, 5.74) is 1.19. The summed E-state index contributed by atoms with van der Waals surface area (Å²) in [6.07, 6.45) is 0.926. The van der Waals surface area contributed by atoms with Crippen molar-refractivity contribution in [2.45, 2.75) is 6.42 Å². The zero-order valence-electron chi connectivity index (χ0n) is 10.2. The maximum Gasteiger partial charge on any atom is 0.253 e. The summed E-state index contributed by atoms with van der Waals surface area (Å²) in [5, 5.41) is 11.7. The first-order chi connectivity index (χ1) is 8.19. The molecule has 1 N–H and O–H groups in total. The van der Waals surface area contributed by atoms with Gasteiger partial charge in [0.1, 0.15) is 0 Å². The highest BCUT2D eigenvalue weighted by Crippen LogP contribution is 2.06. The van der Waals surface area contributed by atoms with E-state index in [0.717, 1.165) is 19.5 Å². The summed E-state index contributed by atoms with van der Waals surface area (Å²) >= 11 is 0. The van der Waals surface area contributed by atoms with Crippen LogP contribution in [-0.2, 0) is 0 Å². The summed E-state index contributed by atoms with van der Waals surface area (Å²) < 4.78 is 0. The van der Waals surface area contributed by atoms with Crippen LogP contribution in [0.4, 0.5) is 0 Å². The molecule has 1 aromatic carbocycles. The Morgan fingerprint density at radius 3 is 2.59 bits per heavy atom. The predicted octanol–water partition coefficient (Wildman–Crippen LogP) is 1.24. The van der Waals surface area contributed by atoms with Crippen LogP contribution in [0.25, 0.3) is 0 Å². The lowest BCUT2D eigenvalue weighted by molar-refractivity contribution is 0.0794. The van der Waals surface area contributed by atoms with Crippen LogP contribution in [0.15, 0.2) is 24.3 Å². The van der Waals surface area contributed by atoms with Crippen molar-refractivity contribution >= 4 is 5.91 Å². The minimum Gasteiger partial charge on any atom is -0.342 e. The monoisotopic (exact) mass is 231 g/mol. The summed E-state index contributed by atoms with van der Waals surface area (Å²) in [7, 11) is 3.68. The van der Waals surface area contributed by atoms with E-state index in [0.29, 0.717) is 11.1 Å². The first kappa shape index (κ1) is 13.2. The van der Waals surface area contributed by atoms with Crippen LogP contribution in [0, 0.1) is 11.3 Å². The third-order valence-corrected chi connectivity index (χ3v) is 2.53. The van der Waals surface area contributed by atoms with Crippen molar-refractivity contribution in [3.8, 4) is 6.07 Å². The highest BCUT2D eigenvalue weighted by molar-refractivity contribution is 5.94. The lowest BCUT2D eigenvalue weighted by Gasteiger charge is -2.17. The van der Waals surface area contributed by atoms with Crippen LogP contribution < -0.4 is 5.32 Å². The summed E-state index contributed by atoms with van der Waals surface area (Å²) in [5.74, 6) is -0.00871. The molecule has 0 aliphatic rings. The van der Waals surface area contributed by atoms with Gasteiger partial charge in [0.05, 0.1) is 11.6 Å². The molecule has 0 saturated heterocycles. The van der Waals surface area contributed by atoms with Gasteiger partial charge in [-0.2, -0.15) is 5.26 Å². The Morgan fingerprint density at radius 2 is 2.06 bits per heavy atom. The Balaban J connectivity index is 2.59. The van der Waals surface area contributed by atoms with Gasteiger partial charge in [0.2, 0.25) is 0 Å². The SMILES string of the molecule is CNCCCN(C)C(=O)c1ccc(C#N)cc1. The van der Waals surface area contributed by atoms with Crippen LogP contribution in [-0.4, -0.2) is 38.0 Å². The molecule has 0 fully saturated rings. The fourth-order valence-corrected chi connectivity index (χ4v) is 1.50. The third-order valence-electron chi connectivity index (χ3n) is 2.53. The lowest BCUT2D eigenvalue weighted by atomic mass is 10.1. The molecule has 0 aliphatic carbocycles. The van der Waals surface area contributed by atoms with E-state index in [9.17, 15) is 4.79 Å². The molecule has 0 atom stereocenters. The van der Waals surface area contributed by atoms with Crippen molar-refractivity contribution < 1.29 is 4.79 Å². The van der Waals surface area contributed by atoms with Crippen LogP contribution in [0.5, 0.6) is 0 Å². The second kappa shape index (κ2) is 6.66. The highest BCUT2D eigenvalue weighted by Gasteiger charge is 2.10. The van der Waals surface area contributed by atoms with Crippen molar-refractivity contribution in [3.05, 3.63) is 35.4 Å². The van der Waals surface area contributed by atoms with Crippen molar-refractivity contribution in [1.82, 2.24) is 10.2 Å². The molecular formula is C13H17N3O. The van der Waals surface area contributed by atoms with E-state index in [4.69, 9.17) is 5.26 Å². The van der Waals surface area contributed by atoms with Gasteiger partial charge in [-0.1, -0.05) is 0 Å². The lowest BCUT2D eigenvalue weighted by Crippen LogP contribution is -2.29. The molecule has 1 amide bonds. The maximum atomic E-state index is 12.0. The van der Waals surface area contributed by atoms with E-state index in [1.807, 2.05) is 13.1 Å². The highest BCUT2D eigenvalue weighted by atomic mass is 16.2. The van der Waals surface area contributed by atoms with Crippen molar-refractivity contribution in [2.75, 3.05) is 27.2 Å². The first-order valence-electron chi connectivity index (χ1n) is 5.59. The number of nitrogens with one attached hydrogen (secondary N) is 1. The zero-order chi connectivity index (χ0) is 12.7. The van der Waals surface area contributed by atoms with Gasteiger partial charge in [0.25, 0.3) is 5.91 Å². The Labute approximate surface area is 102 Å². The fourth-order valence-electron chi connectivity index (χ4n) is 1.50. The van der Waals surface area contributed by atoms with Crippen LogP contribution in [0.3, 0.4) is 0 Å². The smallest absolute Gasteiger partial charge is 0.253 e. The van der Waals surface area contributed by atoms with E-state index in [2.05, 4.69) is 5.32 Å². The molecule has 0 bridgehead atoms. The molecule has 0 saturated carbocycles. The summed E-state index contributed by atoms with van der Waals surface area (Å²) in [6.45, 7) is 1.62. The molecular weight excluding hydrogens is 214 g/mol. The molecule has 1 rings (SSSR count). The number of benzene rings is 1. The van der Waals surface area contributed by atoms with Gasteiger partial charge in [-0.3, -0.25) is 4.79 Å². The second-order valence-electron chi connectivity index (χ2n) is 3.87. The summed E-state index contributed by atoms with van der Waals surface area (Å²) in [6, 6.07) is 8.73. The molecule has 17 heavy (non-hydrogen) atoms. The topological polar surface area (TPSA) is 56.1 Å². The molecule has 0 aliphatic heterocycles. The number of carbonyl (C=O) groups excluding carboxylic acids is 1. The second-order valence-corrected chi connectivity index (χ2v) is 3.87. The van der Waals surface area contributed by atoms with Crippen molar-refractivity contribution in [3.63, 3.8) is 0 Å². The molecule has 0 unspecified atom stereocenters. The number of rotatable bonds is 5. The van der Waals surface area contributed by atoms with E-state index >= 15 is 0 Å². The Morgan fingerprint density at radius 1 is 1.41 bits per heavy atom. The molecule has 0 aromatic heterocycles. The molecule has 0 heterocycles. The Kier molecular flexibility index (Phi) is 5.18. The Bertz CT molecular complexity index is 406. The van der Waals surface area contributed by atoms with Crippen LogP contribution in [0.1, 0.15) is 22.3 Å². The normalized spacial score (nSPS) is 9.71. The summed E-state index contributed by atoms with van der Waals surface area (Å²) in [4.78, 5) is 13.7. The number of carbonyl (C=O) groups is 1. The van der Waals surface area contributed by atoms with E-state index in [1.165, 1.54) is 0 Å². The third kappa shape index (κ3) is 3.89. The van der Waals surface area contributed by atoms with Gasteiger partial charge in [-0.15, -0.1) is 0 Å². The molecule has 0 spiro atoms. The molecule has 0 radical (unpaired) electrons. The minimum atomic E-state index is -0.00871. The molecule has 90 valence electrons. The van der Waals surface area contributed by atoms with Crippen LogP contribution in [0.2, 0.25) is 0 Å². The number of hydrogen-bond acceptors (Lipinski definition) is 3. The number of nitrogens with zero attached hydrogens (tertiary/aromatic N) is 2. The average Bonchev–Trinajstić information content (AvgIpc) is 2.38. The van der Waals surface area contributed by atoms with Crippen molar-refractivity contribution in [2.24, 2.45) is 0 Å². The van der Waals surface area contributed by atoms with Gasteiger partial charge in [-0.05, 0) is 44.3 Å². The van der Waals surface area contributed by atoms with Crippen LogP contribution >= 0.6 is 0 Å². The van der Waals surface area contributed by atoms with Gasteiger partial charge in [-0.25, -0.2) is 0 Å². The molecule has 4 heteroatoms. The minimum absolute atomic E-state index is 0.00871. The first-order valence-corrected chi connectivity index (χ1v) is 5.59. The quantitative estimate of drug-likeness (QED) is 0.776. The molecule has 4 nitrogen and oxygen atoms in total. The predicted molar refractivity (Wildman–Crippen MR) is 66.7 cm³/mol. The zero-order valence-corrected chi connectivity index (χ0v) is 10.2. The number of amides is 1. The molecule has 1 aromatic rings. The van der Waals surface area contributed by atoms with Gasteiger partial charge >= 0.3 is 0 Å².